The zero-order valence-corrected chi connectivity index (χ0v) is 19.9. The number of amides is 1. The molecule has 166 valence electrons. The van der Waals surface area contributed by atoms with E-state index in [1.54, 1.807) is 4.90 Å². The maximum atomic E-state index is 13.7. The molecule has 0 aromatic rings. The highest BCUT2D eigenvalue weighted by atomic mass is 79.9. The van der Waals surface area contributed by atoms with Gasteiger partial charge in [-0.1, -0.05) is 15.9 Å². The number of carbonyl (C=O) groups excluding carboxylic acids is 1. The summed E-state index contributed by atoms with van der Waals surface area (Å²) in [6.07, 6.45) is -1.21. The molecular weight excluding hydrogens is 558 g/mol. The smallest absolute Gasteiger partial charge is 0.270 e. The Morgan fingerprint density at radius 2 is 1.97 bits per heavy atom. The molecule has 5 heterocycles. The lowest BCUT2D eigenvalue weighted by Gasteiger charge is -2.52. The molecule has 1 amide bonds. The van der Waals surface area contributed by atoms with Gasteiger partial charge < -0.3 is 37.8 Å². The molecule has 0 aromatic carbocycles. The molecule has 0 radical (unpaired) electrons. The molecule has 9 unspecified atom stereocenters. The van der Waals surface area contributed by atoms with Gasteiger partial charge in [0.25, 0.3) is 5.91 Å². The molecule has 2 saturated heterocycles. The number of hydrogen-bond donors (Lipinski definition) is 6. The van der Waals surface area contributed by atoms with E-state index in [9.17, 15) is 9.90 Å². The number of nitrogens with one attached hydrogen (secondary N) is 2. The van der Waals surface area contributed by atoms with E-state index in [0.29, 0.717) is 16.9 Å². The number of aliphatic hydroxyl groups is 1. The van der Waals surface area contributed by atoms with E-state index < -0.39 is 40.7 Å². The first kappa shape index (κ1) is 20.2. The number of halogens is 3. The van der Waals surface area contributed by atoms with Crippen LogP contribution >= 0.6 is 43.5 Å². The van der Waals surface area contributed by atoms with Gasteiger partial charge in [0.2, 0.25) is 0 Å². The highest BCUT2D eigenvalue weighted by molar-refractivity contribution is 9.14. The molecule has 6 rings (SSSR count). The minimum Gasteiger partial charge on any atom is -0.370 e. The maximum absolute atomic E-state index is 13.7. The van der Waals surface area contributed by atoms with Crippen LogP contribution in [0.3, 0.4) is 0 Å². The summed E-state index contributed by atoms with van der Waals surface area (Å²) >= 11 is 14.0. The summed E-state index contributed by atoms with van der Waals surface area (Å²) in [6, 6.07) is -0.489. The van der Waals surface area contributed by atoms with Crippen molar-refractivity contribution in [2.24, 2.45) is 55.8 Å². The van der Waals surface area contributed by atoms with Gasteiger partial charge in [0.15, 0.2) is 18.1 Å². The molecule has 3 fully saturated rings. The van der Waals surface area contributed by atoms with E-state index in [0.717, 1.165) is 4.48 Å². The molecule has 14 heteroatoms. The van der Waals surface area contributed by atoms with Crippen LogP contribution in [-0.4, -0.2) is 75.5 Å². The minimum atomic E-state index is -1.21. The molecular formula is C17H20Br2ClN9O2. The summed E-state index contributed by atoms with van der Waals surface area (Å²) in [4.78, 5) is 28.7. The van der Waals surface area contributed by atoms with Crippen molar-refractivity contribution >= 4 is 67.0 Å². The van der Waals surface area contributed by atoms with Gasteiger partial charge in [0, 0.05) is 16.9 Å². The molecule has 0 bridgehead atoms. The summed E-state index contributed by atoms with van der Waals surface area (Å²) < 4.78 is 1.28. The first-order valence-electron chi connectivity index (χ1n) is 9.89. The standard InChI is InChI=1S/C17H20Br2ClN9O2/c18-6-5-7(24-11(6)19)12(30)29-2-4-3(1-21)9(20)16(13(31)26-15(23)27-16)8(4)17(29)10(5)25-14(22)28-17/h3-5,8-10,13,31H,1-2,21H2,(H3,22,25,28)(H3,23,26,27). The van der Waals surface area contributed by atoms with Crippen molar-refractivity contribution in [3.8, 4) is 0 Å². The average molecular weight is 578 g/mol. The SMILES string of the molecule is NCC1C2CN3C(=O)C4=NC(Br)=C(Br)C4C4N=C(N)NC43C2C2(NC(N)=NC2O)C1Cl. The van der Waals surface area contributed by atoms with Crippen LogP contribution in [0.15, 0.2) is 24.1 Å². The normalized spacial score (nSPS) is 49.3. The van der Waals surface area contributed by atoms with Gasteiger partial charge in [-0.05, 0) is 34.3 Å². The number of rotatable bonds is 1. The summed E-state index contributed by atoms with van der Waals surface area (Å²) in [5, 5.41) is 17.0. The first-order valence-corrected chi connectivity index (χ1v) is 11.9. The topological polar surface area (TPSA) is 180 Å². The van der Waals surface area contributed by atoms with E-state index in [4.69, 9.17) is 33.8 Å². The Balaban J connectivity index is 1.58. The van der Waals surface area contributed by atoms with Gasteiger partial charge in [-0.25, -0.2) is 15.0 Å². The summed E-state index contributed by atoms with van der Waals surface area (Å²) in [5.74, 6) is -1.08. The Morgan fingerprint density at radius 1 is 1.26 bits per heavy atom. The number of alkyl halides is 1. The van der Waals surface area contributed by atoms with Crippen molar-refractivity contribution in [2.75, 3.05) is 13.1 Å². The quantitative estimate of drug-likeness (QED) is 0.158. The van der Waals surface area contributed by atoms with E-state index in [1.165, 1.54) is 0 Å². The van der Waals surface area contributed by atoms with Gasteiger partial charge in [0.1, 0.15) is 27.6 Å². The summed E-state index contributed by atoms with van der Waals surface area (Å²) in [5.41, 5.74) is 16.6. The fourth-order valence-corrected chi connectivity index (χ4v) is 8.41. The van der Waals surface area contributed by atoms with Crippen LogP contribution in [0.2, 0.25) is 0 Å². The number of guanidine groups is 2. The average Bonchev–Trinajstić information content (AvgIpc) is 3.43. The van der Waals surface area contributed by atoms with Crippen LogP contribution in [-0.2, 0) is 4.79 Å². The molecule has 9 N–H and O–H groups in total. The lowest BCUT2D eigenvalue weighted by molar-refractivity contribution is -0.135. The second-order valence-corrected chi connectivity index (χ2v) is 10.9. The van der Waals surface area contributed by atoms with E-state index in [-0.39, 0.29) is 36.2 Å². The molecule has 1 saturated carbocycles. The number of nitrogens with two attached hydrogens (primary N) is 3. The Labute approximate surface area is 198 Å². The Kier molecular flexibility index (Phi) is 4.00. The largest absolute Gasteiger partial charge is 0.370 e. The van der Waals surface area contributed by atoms with Gasteiger partial charge in [-0.2, -0.15) is 0 Å². The lowest BCUT2D eigenvalue weighted by atomic mass is 9.68. The second-order valence-electron chi connectivity index (χ2n) is 8.83. The van der Waals surface area contributed by atoms with E-state index in [2.05, 4.69) is 52.5 Å². The third-order valence-electron chi connectivity index (χ3n) is 7.77. The molecule has 1 aliphatic carbocycles. The van der Waals surface area contributed by atoms with Crippen LogP contribution in [0.25, 0.3) is 0 Å². The Hall–Kier alpha value is -1.41. The zero-order valence-electron chi connectivity index (χ0n) is 16.0. The summed E-state index contributed by atoms with van der Waals surface area (Å²) in [6.45, 7) is 0.655. The molecule has 5 aliphatic heterocycles. The number of carbonyl (C=O) groups is 1. The maximum Gasteiger partial charge on any atom is 0.270 e. The van der Waals surface area contributed by atoms with Gasteiger partial charge in [0.05, 0.1) is 11.3 Å². The number of fused-ring (bicyclic) bond motifs is 4. The number of aliphatic imine (C=N–C) groups is 3. The Bertz CT molecular complexity index is 1050. The van der Waals surface area contributed by atoms with Crippen molar-refractivity contribution < 1.29 is 9.90 Å². The predicted molar refractivity (Wildman–Crippen MR) is 121 cm³/mol. The number of nitrogens with zero attached hydrogens (tertiary/aromatic N) is 4. The van der Waals surface area contributed by atoms with Crippen LogP contribution in [0.4, 0.5) is 0 Å². The highest BCUT2D eigenvalue weighted by Gasteiger charge is 2.80. The van der Waals surface area contributed by atoms with Crippen LogP contribution in [0, 0.1) is 23.7 Å². The molecule has 0 aromatic heterocycles. The van der Waals surface area contributed by atoms with Crippen molar-refractivity contribution in [3.05, 3.63) is 9.09 Å². The molecule has 6 aliphatic rings. The van der Waals surface area contributed by atoms with Crippen molar-refractivity contribution in [3.63, 3.8) is 0 Å². The number of hydrogen-bond acceptors (Lipinski definition) is 10. The first-order chi connectivity index (χ1) is 14.7. The molecule has 2 spiro atoms. The predicted octanol–water partition coefficient (Wildman–Crippen LogP) is -1.74. The van der Waals surface area contributed by atoms with Crippen LogP contribution in [0.1, 0.15) is 0 Å². The van der Waals surface area contributed by atoms with Crippen LogP contribution < -0.4 is 27.8 Å². The van der Waals surface area contributed by atoms with E-state index in [1.807, 2.05) is 0 Å². The van der Waals surface area contributed by atoms with Gasteiger partial charge in [-0.15, -0.1) is 11.6 Å². The monoisotopic (exact) mass is 575 g/mol. The minimum absolute atomic E-state index is 0.0990. The fraction of sp³-hybridized carbons (Fsp3) is 0.647. The second kappa shape index (κ2) is 6.13. The fourth-order valence-electron chi connectivity index (χ4n) is 6.82. The summed E-state index contributed by atoms with van der Waals surface area (Å²) in [7, 11) is 0. The van der Waals surface area contributed by atoms with Gasteiger partial charge in [-0.3, -0.25) is 4.79 Å². The van der Waals surface area contributed by atoms with Crippen molar-refractivity contribution in [2.45, 2.75) is 28.8 Å². The van der Waals surface area contributed by atoms with Gasteiger partial charge >= 0.3 is 0 Å². The highest BCUT2D eigenvalue weighted by Crippen LogP contribution is 2.63. The molecule has 11 nitrogen and oxygen atoms in total. The van der Waals surface area contributed by atoms with E-state index >= 15 is 0 Å². The third-order valence-corrected chi connectivity index (χ3v) is 10.5. The lowest BCUT2D eigenvalue weighted by Crippen LogP contribution is -2.77. The molecule has 9 atom stereocenters. The number of aliphatic hydroxyl groups excluding tert-OH is 1. The zero-order chi connectivity index (χ0) is 22.0. The van der Waals surface area contributed by atoms with Crippen molar-refractivity contribution in [1.82, 2.24) is 15.5 Å². The van der Waals surface area contributed by atoms with Crippen molar-refractivity contribution in [1.29, 1.82) is 0 Å². The number of piperidine rings is 1. The Morgan fingerprint density at radius 3 is 2.61 bits per heavy atom. The molecule has 31 heavy (non-hydrogen) atoms. The van der Waals surface area contributed by atoms with Crippen LogP contribution in [0.5, 0.6) is 0 Å². The third kappa shape index (κ3) is 2.08.